The Hall–Kier alpha value is -2.66. The van der Waals surface area contributed by atoms with E-state index in [1.165, 1.54) is 16.7 Å². The number of carbonyl (C=O) groups is 1. The van der Waals surface area contributed by atoms with Crippen LogP contribution in [0.15, 0.2) is 55.0 Å². The third-order valence-corrected chi connectivity index (χ3v) is 6.67. The van der Waals surface area contributed by atoms with E-state index in [4.69, 9.17) is 4.74 Å². The van der Waals surface area contributed by atoms with Crippen LogP contribution in [0.4, 0.5) is 0 Å². The molecule has 1 atom stereocenters. The molecule has 2 saturated heterocycles. The van der Waals surface area contributed by atoms with Gasteiger partial charge in [-0.15, -0.1) is 0 Å². The highest BCUT2D eigenvalue weighted by Gasteiger charge is 2.29. The number of fused-ring (bicyclic) bond motifs is 1. The third kappa shape index (κ3) is 4.26. The van der Waals surface area contributed by atoms with Crippen LogP contribution < -0.4 is 0 Å². The molecule has 0 N–H and O–H groups in total. The van der Waals surface area contributed by atoms with Gasteiger partial charge in [-0.25, -0.2) is 4.98 Å². The van der Waals surface area contributed by atoms with Crippen LogP contribution in [0.2, 0.25) is 0 Å². The Morgan fingerprint density at radius 3 is 2.70 bits per heavy atom. The number of aromatic nitrogens is 2. The highest BCUT2D eigenvalue weighted by Crippen LogP contribution is 2.29. The molecule has 2 fully saturated rings. The molecule has 3 aromatic rings. The van der Waals surface area contributed by atoms with Gasteiger partial charge in [0.1, 0.15) is 5.65 Å². The number of benzene rings is 1. The summed E-state index contributed by atoms with van der Waals surface area (Å²) < 4.78 is 7.44. The summed E-state index contributed by atoms with van der Waals surface area (Å²) in [7, 11) is 0. The number of nitrogens with zero attached hydrogens (tertiary/aromatic N) is 3. The number of hydrogen-bond acceptors (Lipinski definition) is 3. The van der Waals surface area contributed by atoms with Crippen molar-refractivity contribution in [3.63, 3.8) is 0 Å². The summed E-state index contributed by atoms with van der Waals surface area (Å²) in [5, 5.41) is 0. The van der Waals surface area contributed by atoms with Gasteiger partial charge in [0.25, 0.3) is 0 Å². The predicted molar refractivity (Wildman–Crippen MR) is 117 cm³/mol. The third-order valence-electron chi connectivity index (χ3n) is 6.67. The van der Waals surface area contributed by atoms with Crippen molar-refractivity contribution in [2.45, 2.75) is 38.0 Å². The van der Waals surface area contributed by atoms with Gasteiger partial charge in [-0.2, -0.15) is 0 Å². The maximum absolute atomic E-state index is 12.7. The van der Waals surface area contributed by atoms with Gasteiger partial charge in [0.15, 0.2) is 0 Å². The molecule has 5 rings (SSSR count). The molecule has 30 heavy (non-hydrogen) atoms. The molecule has 5 heteroatoms. The maximum atomic E-state index is 12.7. The van der Waals surface area contributed by atoms with Crippen molar-refractivity contribution in [2.75, 3.05) is 26.3 Å². The fraction of sp³-hybridized carbons (Fsp3) is 0.440. The second-order valence-corrected chi connectivity index (χ2v) is 8.73. The van der Waals surface area contributed by atoms with Crippen molar-refractivity contribution in [3.05, 3.63) is 71.7 Å². The number of rotatable bonds is 5. The molecule has 2 aromatic heterocycles. The molecule has 1 amide bonds. The Labute approximate surface area is 177 Å². The first-order chi connectivity index (χ1) is 14.7. The lowest BCUT2D eigenvalue weighted by atomic mass is 9.95. The molecule has 156 valence electrons. The average molecular weight is 404 g/mol. The van der Waals surface area contributed by atoms with Crippen molar-refractivity contribution in [3.8, 4) is 0 Å². The van der Waals surface area contributed by atoms with Gasteiger partial charge in [-0.1, -0.05) is 24.3 Å². The van der Waals surface area contributed by atoms with Crippen LogP contribution in [-0.2, 0) is 16.0 Å². The van der Waals surface area contributed by atoms with E-state index in [9.17, 15) is 4.79 Å². The highest BCUT2D eigenvalue weighted by atomic mass is 16.5. The van der Waals surface area contributed by atoms with E-state index < -0.39 is 0 Å². The topological polar surface area (TPSA) is 46.8 Å². The summed E-state index contributed by atoms with van der Waals surface area (Å²) >= 11 is 0. The van der Waals surface area contributed by atoms with Crippen LogP contribution in [0.25, 0.3) is 5.65 Å². The predicted octanol–water partition coefficient (Wildman–Crippen LogP) is 4.06. The van der Waals surface area contributed by atoms with Gasteiger partial charge in [0, 0.05) is 57.2 Å². The summed E-state index contributed by atoms with van der Waals surface area (Å²) in [4.78, 5) is 19.1. The molecule has 2 aliphatic heterocycles. The Morgan fingerprint density at radius 1 is 1.03 bits per heavy atom. The van der Waals surface area contributed by atoms with Crippen molar-refractivity contribution in [1.29, 1.82) is 0 Å². The quantitative estimate of drug-likeness (QED) is 0.645. The summed E-state index contributed by atoms with van der Waals surface area (Å²) in [6.45, 7) is 3.36. The van der Waals surface area contributed by atoms with Crippen molar-refractivity contribution in [1.82, 2.24) is 14.3 Å². The van der Waals surface area contributed by atoms with Gasteiger partial charge in [0.2, 0.25) is 5.91 Å². The first-order valence-electron chi connectivity index (χ1n) is 11.1. The normalized spacial score (nSPS) is 20.1. The van der Waals surface area contributed by atoms with Crippen LogP contribution in [0.5, 0.6) is 0 Å². The second kappa shape index (κ2) is 8.60. The number of imidazole rings is 1. The SMILES string of the molecule is O=C(CC1CCOCC1)N1CCC(c2ccc(Cc3ccn4ccnc4c3)cc2)C1. The molecule has 2 aliphatic rings. The second-order valence-electron chi connectivity index (χ2n) is 8.73. The molecule has 5 nitrogen and oxygen atoms in total. The molecule has 4 heterocycles. The van der Waals surface area contributed by atoms with Crippen molar-refractivity contribution < 1.29 is 9.53 Å². The first-order valence-corrected chi connectivity index (χ1v) is 11.1. The number of pyridine rings is 1. The summed E-state index contributed by atoms with van der Waals surface area (Å²) in [5.74, 6) is 1.29. The van der Waals surface area contributed by atoms with E-state index in [-0.39, 0.29) is 0 Å². The summed E-state index contributed by atoms with van der Waals surface area (Å²) in [6, 6.07) is 13.3. The standard InChI is InChI=1S/C25H29N3O2/c29-25(17-20-7-13-30-14-8-20)28-11-6-23(18-28)22-3-1-19(2-4-22)15-21-5-10-27-12-9-26-24(27)16-21/h1-5,9-10,12,16,20,23H,6-8,11,13-15,17-18H2. The van der Waals surface area contributed by atoms with E-state index >= 15 is 0 Å². The van der Waals surface area contributed by atoms with Crippen LogP contribution in [0, 0.1) is 5.92 Å². The van der Waals surface area contributed by atoms with Crippen LogP contribution in [-0.4, -0.2) is 46.5 Å². The van der Waals surface area contributed by atoms with Crippen LogP contribution in [0.1, 0.15) is 48.3 Å². The molecule has 0 aliphatic carbocycles. The largest absolute Gasteiger partial charge is 0.381 e. The van der Waals surface area contributed by atoms with Gasteiger partial charge in [0.05, 0.1) is 0 Å². The molecule has 0 spiro atoms. The monoisotopic (exact) mass is 403 g/mol. The number of ether oxygens (including phenoxy) is 1. The number of amides is 1. The smallest absolute Gasteiger partial charge is 0.222 e. The lowest BCUT2D eigenvalue weighted by Crippen LogP contribution is -2.31. The summed E-state index contributed by atoms with van der Waals surface area (Å²) in [6.07, 6.45) is 10.6. The van der Waals surface area contributed by atoms with Gasteiger partial charge in [-0.05, 0) is 60.4 Å². The molecule has 0 bridgehead atoms. The Balaban J connectivity index is 1.18. The molecule has 1 aromatic carbocycles. The molecule has 0 radical (unpaired) electrons. The minimum atomic E-state index is 0.329. The van der Waals surface area contributed by atoms with E-state index in [2.05, 4.69) is 52.5 Å². The molecule has 0 saturated carbocycles. The minimum Gasteiger partial charge on any atom is -0.381 e. The van der Waals surface area contributed by atoms with Crippen molar-refractivity contribution in [2.24, 2.45) is 5.92 Å². The number of carbonyl (C=O) groups excluding carboxylic acids is 1. The Morgan fingerprint density at radius 2 is 1.87 bits per heavy atom. The maximum Gasteiger partial charge on any atom is 0.222 e. The van der Waals surface area contributed by atoms with E-state index in [1.807, 2.05) is 16.8 Å². The van der Waals surface area contributed by atoms with E-state index in [1.54, 1.807) is 0 Å². The zero-order valence-electron chi connectivity index (χ0n) is 17.4. The minimum absolute atomic E-state index is 0.329. The lowest BCUT2D eigenvalue weighted by Gasteiger charge is -2.24. The Bertz CT molecular complexity index is 1000. The fourth-order valence-corrected chi connectivity index (χ4v) is 4.79. The molecule has 1 unspecified atom stereocenters. The van der Waals surface area contributed by atoms with E-state index in [0.29, 0.717) is 24.2 Å². The lowest BCUT2D eigenvalue weighted by molar-refractivity contribution is -0.131. The number of likely N-dealkylation sites (tertiary alicyclic amines) is 1. The van der Waals surface area contributed by atoms with Crippen molar-refractivity contribution >= 4 is 11.6 Å². The fourth-order valence-electron chi connectivity index (χ4n) is 4.79. The molecular weight excluding hydrogens is 374 g/mol. The zero-order valence-corrected chi connectivity index (χ0v) is 17.4. The van der Waals surface area contributed by atoms with Gasteiger partial charge in [-0.3, -0.25) is 4.79 Å². The van der Waals surface area contributed by atoms with Crippen LogP contribution in [0.3, 0.4) is 0 Å². The van der Waals surface area contributed by atoms with Gasteiger partial charge >= 0.3 is 0 Å². The van der Waals surface area contributed by atoms with Crippen LogP contribution >= 0.6 is 0 Å². The summed E-state index contributed by atoms with van der Waals surface area (Å²) in [5.41, 5.74) is 4.91. The highest BCUT2D eigenvalue weighted by molar-refractivity contribution is 5.76. The Kier molecular flexibility index (Phi) is 5.54. The zero-order chi connectivity index (χ0) is 20.3. The first kappa shape index (κ1) is 19.3. The average Bonchev–Trinajstić information content (AvgIpc) is 3.45. The molecular formula is C25H29N3O2. The van der Waals surface area contributed by atoms with Gasteiger partial charge < -0.3 is 14.0 Å². The number of hydrogen-bond donors (Lipinski definition) is 0. The van der Waals surface area contributed by atoms with E-state index in [0.717, 1.165) is 57.6 Å².